The number of pyridine rings is 1. The third-order valence-electron chi connectivity index (χ3n) is 5.00. The molecule has 0 fully saturated rings. The number of carbonyl (C=O) groups excluding carboxylic acids is 1. The number of rotatable bonds is 11. The van der Waals surface area contributed by atoms with Crippen molar-refractivity contribution in [3.8, 4) is 22.9 Å². The van der Waals surface area contributed by atoms with Gasteiger partial charge < -0.3 is 25.8 Å². The smallest absolute Gasteiger partial charge is 0.261 e. The van der Waals surface area contributed by atoms with Gasteiger partial charge in [0.25, 0.3) is 5.91 Å². The third-order valence-corrected chi connectivity index (χ3v) is 5.47. The van der Waals surface area contributed by atoms with E-state index in [0.717, 1.165) is 22.6 Å². The molecule has 0 saturated carbocycles. The fraction of sp³-hybridized carbons (Fsp3) is 0.280. The van der Waals surface area contributed by atoms with E-state index in [9.17, 15) is 4.79 Å². The quantitative estimate of drug-likeness (QED) is 0.323. The van der Waals surface area contributed by atoms with Crippen molar-refractivity contribution in [3.05, 3.63) is 72.3 Å². The molecule has 1 aromatic heterocycles. The Bertz CT molecular complexity index is 1030. The molecule has 2 aromatic carbocycles. The van der Waals surface area contributed by atoms with Crippen molar-refractivity contribution < 1.29 is 14.3 Å². The van der Waals surface area contributed by atoms with Crippen molar-refractivity contribution in [2.24, 2.45) is 5.73 Å². The van der Waals surface area contributed by atoms with Crippen LogP contribution in [0.25, 0.3) is 11.3 Å². The summed E-state index contributed by atoms with van der Waals surface area (Å²) in [6, 6.07) is 21.0. The second kappa shape index (κ2) is 12.1. The van der Waals surface area contributed by atoms with Gasteiger partial charge in [-0.05, 0) is 36.8 Å². The maximum absolute atomic E-state index is 12.7. The molecule has 174 valence electrons. The summed E-state index contributed by atoms with van der Waals surface area (Å²) in [4.78, 5) is 17.4. The highest BCUT2D eigenvalue weighted by molar-refractivity contribution is 7.80. The summed E-state index contributed by atoms with van der Waals surface area (Å²) in [5, 5.41) is 6.15. The van der Waals surface area contributed by atoms with Crippen LogP contribution >= 0.6 is 12.6 Å². The number of amides is 1. The Kier molecular flexibility index (Phi) is 8.97. The number of aromatic nitrogens is 1. The number of nitrogens with zero attached hydrogens (tertiary/aromatic N) is 1. The summed E-state index contributed by atoms with van der Waals surface area (Å²) < 4.78 is 11.2. The molecule has 0 aliphatic heterocycles. The zero-order valence-corrected chi connectivity index (χ0v) is 19.7. The lowest BCUT2D eigenvalue weighted by molar-refractivity contribution is -0.127. The number of carbonyl (C=O) groups is 1. The normalized spacial score (nSPS) is 12.5. The van der Waals surface area contributed by atoms with Crippen molar-refractivity contribution in [3.63, 3.8) is 0 Å². The fourth-order valence-electron chi connectivity index (χ4n) is 3.04. The number of methoxy groups -OCH3 is 1. The number of benzene rings is 2. The number of anilines is 1. The predicted molar refractivity (Wildman–Crippen MR) is 135 cm³/mol. The molecule has 0 radical (unpaired) electrons. The van der Waals surface area contributed by atoms with E-state index in [-0.39, 0.29) is 11.9 Å². The van der Waals surface area contributed by atoms with E-state index in [1.807, 2.05) is 66.7 Å². The minimum Gasteiger partial charge on any atom is -0.497 e. The Morgan fingerprint density at radius 1 is 1.09 bits per heavy atom. The summed E-state index contributed by atoms with van der Waals surface area (Å²) in [7, 11) is 1.62. The first kappa shape index (κ1) is 24.4. The summed E-state index contributed by atoms with van der Waals surface area (Å²) in [6.45, 7) is 2.59. The standard InChI is InChI=1S/C25H30N4O3S/c1-17(24(30)28-14-18-8-10-21(31-2)11-9-18)32-25-23(27-15-20(26)16-33)13-12-22(29-25)19-6-4-3-5-7-19/h3-13,17,20,27,33H,14-16,26H2,1-2H3,(H,28,30). The fourth-order valence-corrected chi connectivity index (χ4v) is 3.17. The molecule has 1 amide bonds. The molecule has 2 unspecified atom stereocenters. The Labute approximate surface area is 200 Å². The molecule has 0 aliphatic rings. The number of hydrogen-bond donors (Lipinski definition) is 4. The highest BCUT2D eigenvalue weighted by Crippen LogP contribution is 2.28. The van der Waals surface area contributed by atoms with Gasteiger partial charge in [0.1, 0.15) is 5.75 Å². The molecule has 3 aromatic rings. The monoisotopic (exact) mass is 466 g/mol. The molecule has 0 saturated heterocycles. The number of thiol groups is 1. The van der Waals surface area contributed by atoms with Gasteiger partial charge in [-0.25, -0.2) is 4.98 Å². The summed E-state index contributed by atoms with van der Waals surface area (Å²) in [5.74, 6) is 1.41. The minimum atomic E-state index is -0.749. The molecular formula is C25H30N4O3S. The summed E-state index contributed by atoms with van der Waals surface area (Å²) in [5.41, 5.74) is 9.32. The van der Waals surface area contributed by atoms with E-state index >= 15 is 0 Å². The summed E-state index contributed by atoms with van der Waals surface area (Å²) >= 11 is 4.23. The van der Waals surface area contributed by atoms with Gasteiger partial charge in [0.2, 0.25) is 5.88 Å². The molecule has 0 aliphatic carbocycles. The summed E-state index contributed by atoms with van der Waals surface area (Å²) in [6.07, 6.45) is -0.749. The largest absolute Gasteiger partial charge is 0.497 e. The molecule has 0 bridgehead atoms. The van der Waals surface area contributed by atoms with Crippen molar-refractivity contribution in [2.75, 3.05) is 24.7 Å². The zero-order chi connectivity index (χ0) is 23.6. The Morgan fingerprint density at radius 2 is 1.82 bits per heavy atom. The van der Waals surface area contributed by atoms with Crippen LogP contribution in [0, 0.1) is 0 Å². The Balaban J connectivity index is 1.71. The number of ether oxygens (including phenoxy) is 2. The van der Waals surface area contributed by atoms with Gasteiger partial charge in [-0.3, -0.25) is 4.79 Å². The van der Waals surface area contributed by atoms with E-state index in [2.05, 4.69) is 28.2 Å². The average molecular weight is 467 g/mol. The molecule has 4 N–H and O–H groups in total. The number of hydrogen-bond acceptors (Lipinski definition) is 7. The van der Waals surface area contributed by atoms with Gasteiger partial charge in [-0.15, -0.1) is 0 Å². The van der Waals surface area contributed by atoms with Crippen LogP contribution in [-0.4, -0.2) is 42.4 Å². The van der Waals surface area contributed by atoms with Crippen molar-refractivity contribution in [2.45, 2.75) is 25.6 Å². The van der Waals surface area contributed by atoms with Crippen molar-refractivity contribution >= 4 is 24.2 Å². The Hall–Kier alpha value is -3.23. The molecule has 2 atom stereocenters. The molecule has 3 rings (SSSR count). The third kappa shape index (κ3) is 7.13. The van der Waals surface area contributed by atoms with Gasteiger partial charge >= 0.3 is 0 Å². The van der Waals surface area contributed by atoms with E-state index in [1.165, 1.54) is 0 Å². The molecule has 7 nitrogen and oxygen atoms in total. The maximum atomic E-state index is 12.7. The van der Waals surface area contributed by atoms with Gasteiger partial charge in [0.05, 0.1) is 18.5 Å². The second-order valence-electron chi connectivity index (χ2n) is 7.56. The first-order valence-electron chi connectivity index (χ1n) is 10.7. The van der Waals surface area contributed by atoms with E-state index in [1.54, 1.807) is 14.0 Å². The SMILES string of the molecule is COc1ccc(CNC(=O)C(C)Oc2nc(-c3ccccc3)ccc2NCC(N)CS)cc1. The highest BCUT2D eigenvalue weighted by Gasteiger charge is 2.18. The van der Waals surface area contributed by atoms with Crippen molar-refractivity contribution in [1.29, 1.82) is 0 Å². The lowest BCUT2D eigenvalue weighted by Crippen LogP contribution is -2.36. The highest BCUT2D eigenvalue weighted by atomic mass is 32.1. The van der Waals surface area contributed by atoms with Crippen LogP contribution in [0.1, 0.15) is 12.5 Å². The topological polar surface area (TPSA) is 98.5 Å². The van der Waals surface area contributed by atoms with Crippen LogP contribution < -0.4 is 25.8 Å². The van der Waals surface area contributed by atoms with Crippen LogP contribution in [0.2, 0.25) is 0 Å². The Morgan fingerprint density at radius 3 is 2.48 bits per heavy atom. The molecule has 0 spiro atoms. The number of nitrogens with two attached hydrogens (primary N) is 1. The van der Waals surface area contributed by atoms with Gasteiger partial charge in [-0.1, -0.05) is 42.5 Å². The van der Waals surface area contributed by atoms with Crippen LogP contribution in [0.15, 0.2) is 66.7 Å². The molecule has 1 heterocycles. The van der Waals surface area contributed by atoms with E-state index in [4.69, 9.17) is 15.2 Å². The molecular weight excluding hydrogens is 436 g/mol. The second-order valence-corrected chi connectivity index (χ2v) is 7.93. The first-order chi connectivity index (χ1) is 16.0. The lowest BCUT2D eigenvalue weighted by Gasteiger charge is -2.19. The van der Waals surface area contributed by atoms with Gasteiger partial charge in [0.15, 0.2) is 6.10 Å². The first-order valence-corrected chi connectivity index (χ1v) is 11.4. The molecule has 8 heteroatoms. The predicted octanol–water partition coefficient (Wildman–Crippen LogP) is 3.51. The maximum Gasteiger partial charge on any atom is 0.261 e. The van der Waals surface area contributed by atoms with Crippen LogP contribution in [0.3, 0.4) is 0 Å². The van der Waals surface area contributed by atoms with Crippen LogP contribution in [-0.2, 0) is 11.3 Å². The van der Waals surface area contributed by atoms with Gasteiger partial charge in [-0.2, -0.15) is 12.6 Å². The average Bonchev–Trinajstić information content (AvgIpc) is 2.86. The van der Waals surface area contributed by atoms with Gasteiger partial charge in [0, 0.05) is 30.4 Å². The lowest BCUT2D eigenvalue weighted by atomic mass is 10.1. The van der Waals surface area contributed by atoms with Crippen LogP contribution in [0.5, 0.6) is 11.6 Å². The minimum absolute atomic E-state index is 0.125. The number of nitrogens with one attached hydrogen (secondary N) is 2. The van der Waals surface area contributed by atoms with E-state index < -0.39 is 6.10 Å². The van der Waals surface area contributed by atoms with Crippen LogP contribution in [0.4, 0.5) is 5.69 Å². The van der Waals surface area contributed by atoms with E-state index in [0.29, 0.717) is 30.4 Å². The molecule has 33 heavy (non-hydrogen) atoms. The zero-order valence-electron chi connectivity index (χ0n) is 18.8. The van der Waals surface area contributed by atoms with Crippen molar-refractivity contribution in [1.82, 2.24) is 10.3 Å².